The van der Waals surface area contributed by atoms with Gasteiger partial charge in [0.05, 0.1) is 5.97 Å². The van der Waals surface area contributed by atoms with E-state index in [1.165, 1.54) is 0 Å². The summed E-state index contributed by atoms with van der Waals surface area (Å²) < 4.78 is 1.58. The monoisotopic (exact) mass is 296 g/mol. The van der Waals surface area contributed by atoms with E-state index >= 15 is 0 Å². The van der Waals surface area contributed by atoms with Crippen molar-refractivity contribution in [2.45, 2.75) is 19.0 Å². The number of rotatable bonds is 7. The smallest absolute Gasteiger partial charge is 0.261 e. The first-order chi connectivity index (χ1) is 9.65. The summed E-state index contributed by atoms with van der Waals surface area (Å²) in [7, 11) is 0. The maximum absolute atomic E-state index is 10.5. The third kappa shape index (κ3) is 3.07. The van der Waals surface area contributed by atoms with Crippen molar-refractivity contribution in [1.82, 2.24) is 24.6 Å². The van der Waals surface area contributed by atoms with Crippen LogP contribution in [0.5, 0.6) is 0 Å². The summed E-state index contributed by atoms with van der Waals surface area (Å²) in [5, 5.41) is 24.9. The summed E-state index contributed by atoms with van der Waals surface area (Å²) in [4.78, 5) is 19.1. The Morgan fingerprint density at radius 2 is 2.00 bits per heavy atom. The maximum atomic E-state index is 10.5. The van der Waals surface area contributed by atoms with Crippen molar-refractivity contribution in [3.63, 3.8) is 0 Å². The number of hydrogen-bond acceptors (Lipinski definition) is 9. The first kappa shape index (κ1) is 14.3. The van der Waals surface area contributed by atoms with E-state index in [4.69, 9.17) is 0 Å². The molecule has 2 aromatic rings. The highest BCUT2D eigenvalue weighted by molar-refractivity contribution is 7.99. The van der Waals surface area contributed by atoms with E-state index in [-0.39, 0.29) is 5.75 Å². The van der Waals surface area contributed by atoms with Gasteiger partial charge in [-0.25, -0.2) is 4.40 Å². The average Bonchev–Trinajstić information content (AvgIpc) is 2.80. The molecule has 2 rings (SSSR count). The molecule has 0 saturated heterocycles. The van der Waals surface area contributed by atoms with Gasteiger partial charge in [0.1, 0.15) is 0 Å². The molecule has 10 heteroatoms. The SMILES string of the molecule is CCNc1nc(NCC)n2c(SCC(=O)[O-])nnc2n1. The zero-order chi connectivity index (χ0) is 14.5. The van der Waals surface area contributed by atoms with Gasteiger partial charge < -0.3 is 20.5 Å². The quantitative estimate of drug-likeness (QED) is 0.634. The van der Waals surface area contributed by atoms with Crippen LogP contribution < -0.4 is 15.7 Å². The highest BCUT2D eigenvalue weighted by Gasteiger charge is 2.14. The zero-order valence-electron chi connectivity index (χ0n) is 11.1. The molecule has 0 spiro atoms. The van der Waals surface area contributed by atoms with E-state index in [1.54, 1.807) is 4.40 Å². The van der Waals surface area contributed by atoms with Crippen LogP contribution in [-0.4, -0.2) is 49.4 Å². The maximum Gasteiger partial charge on any atom is 0.261 e. The number of aromatic nitrogens is 5. The molecular weight excluding hydrogens is 282 g/mol. The Hall–Kier alpha value is -2.10. The lowest BCUT2D eigenvalue weighted by Gasteiger charge is -2.09. The molecule has 0 saturated carbocycles. The Morgan fingerprint density at radius 3 is 2.65 bits per heavy atom. The van der Waals surface area contributed by atoms with Gasteiger partial charge in [0.25, 0.3) is 5.78 Å². The highest BCUT2D eigenvalue weighted by atomic mass is 32.2. The lowest BCUT2D eigenvalue weighted by molar-refractivity contribution is -0.301. The largest absolute Gasteiger partial charge is 0.549 e. The minimum absolute atomic E-state index is 0.207. The van der Waals surface area contributed by atoms with Gasteiger partial charge in [0.15, 0.2) is 5.16 Å². The number of thioether (sulfide) groups is 1. The topological polar surface area (TPSA) is 120 Å². The zero-order valence-corrected chi connectivity index (χ0v) is 11.9. The van der Waals surface area contributed by atoms with Crippen LogP contribution in [0.2, 0.25) is 0 Å². The molecule has 0 bridgehead atoms. The Labute approximate surface area is 119 Å². The van der Waals surface area contributed by atoms with E-state index in [0.29, 0.717) is 35.9 Å². The normalized spacial score (nSPS) is 10.7. The van der Waals surface area contributed by atoms with Gasteiger partial charge in [-0.1, -0.05) is 11.8 Å². The fourth-order valence-electron chi connectivity index (χ4n) is 1.52. The van der Waals surface area contributed by atoms with Crippen molar-refractivity contribution >= 4 is 35.4 Å². The van der Waals surface area contributed by atoms with Crippen molar-refractivity contribution in [3.05, 3.63) is 0 Å². The number of hydrogen-bond donors (Lipinski definition) is 2. The Kier molecular flexibility index (Phi) is 4.56. The number of fused-ring (bicyclic) bond motifs is 1. The van der Waals surface area contributed by atoms with Crippen molar-refractivity contribution in [2.24, 2.45) is 0 Å². The fourth-order valence-corrected chi connectivity index (χ4v) is 2.16. The number of nitrogens with zero attached hydrogens (tertiary/aromatic N) is 5. The standard InChI is InChI=1S/C10H15N7O2S/c1-3-11-7-13-8(12-4-2)17-9(14-7)15-16-10(17)20-5-6(18)19/h3-5H2,1-2H3,(H,18,19)(H2,11,12,13,14,15)/p-1. The molecule has 0 atom stereocenters. The molecule has 20 heavy (non-hydrogen) atoms. The van der Waals surface area contributed by atoms with Crippen LogP contribution in [0.4, 0.5) is 11.9 Å². The molecule has 108 valence electrons. The van der Waals surface area contributed by atoms with E-state index in [0.717, 1.165) is 11.8 Å². The molecule has 9 nitrogen and oxygen atoms in total. The van der Waals surface area contributed by atoms with Crippen LogP contribution in [-0.2, 0) is 4.79 Å². The minimum Gasteiger partial charge on any atom is -0.549 e. The Balaban J connectivity index is 2.43. The van der Waals surface area contributed by atoms with Crippen molar-refractivity contribution in [2.75, 3.05) is 29.5 Å². The van der Waals surface area contributed by atoms with Crippen LogP contribution in [0.15, 0.2) is 5.16 Å². The second-order valence-electron chi connectivity index (χ2n) is 3.71. The molecule has 0 aliphatic rings. The van der Waals surface area contributed by atoms with Crippen molar-refractivity contribution in [1.29, 1.82) is 0 Å². The van der Waals surface area contributed by atoms with Gasteiger partial charge in [0, 0.05) is 18.8 Å². The van der Waals surface area contributed by atoms with Crippen LogP contribution >= 0.6 is 11.8 Å². The second-order valence-corrected chi connectivity index (χ2v) is 4.65. The van der Waals surface area contributed by atoms with E-state index in [2.05, 4.69) is 30.8 Å². The number of carboxylic acid groups (broad SMARTS) is 1. The molecule has 0 aliphatic carbocycles. The molecule has 0 amide bonds. The second kappa shape index (κ2) is 6.37. The fraction of sp³-hybridized carbons (Fsp3) is 0.500. The summed E-state index contributed by atoms with van der Waals surface area (Å²) >= 11 is 1.01. The Morgan fingerprint density at radius 1 is 1.25 bits per heavy atom. The summed E-state index contributed by atoms with van der Waals surface area (Å²) in [5.74, 6) is -0.0600. The number of aliphatic carboxylic acids is 1. The predicted molar refractivity (Wildman–Crippen MR) is 72.6 cm³/mol. The highest BCUT2D eigenvalue weighted by Crippen LogP contribution is 2.20. The molecule has 2 aromatic heterocycles. The van der Waals surface area contributed by atoms with Gasteiger partial charge in [0.2, 0.25) is 11.9 Å². The summed E-state index contributed by atoms with van der Waals surface area (Å²) in [6, 6.07) is 0. The number of anilines is 2. The van der Waals surface area contributed by atoms with Crippen LogP contribution in [0.25, 0.3) is 5.78 Å². The summed E-state index contributed by atoms with van der Waals surface area (Å²) in [5.41, 5.74) is 0. The number of carbonyl (C=O) groups excluding carboxylic acids is 1. The van der Waals surface area contributed by atoms with Gasteiger partial charge >= 0.3 is 0 Å². The lowest BCUT2D eigenvalue weighted by atomic mass is 10.7. The first-order valence-corrected chi connectivity index (χ1v) is 7.07. The number of carboxylic acids is 1. The Bertz CT molecular complexity index is 615. The molecular formula is C10H14N7O2S-. The summed E-state index contributed by atoms with van der Waals surface area (Å²) in [6.07, 6.45) is 0. The lowest BCUT2D eigenvalue weighted by Crippen LogP contribution is -2.24. The molecule has 2 N–H and O–H groups in total. The molecule has 0 aliphatic heterocycles. The molecule has 0 aromatic carbocycles. The van der Waals surface area contributed by atoms with Crippen molar-refractivity contribution < 1.29 is 9.90 Å². The van der Waals surface area contributed by atoms with Crippen LogP contribution in [0, 0.1) is 0 Å². The van der Waals surface area contributed by atoms with Gasteiger partial charge in [-0.15, -0.1) is 10.2 Å². The van der Waals surface area contributed by atoms with Crippen LogP contribution in [0.3, 0.4) is 0 Å². The van der Waals surface area contributed by atoms with E-state index in [1.807, 2.05) is 13.8 Å². The molecule has 0 radical (unpaired) electrons. The molecule has 0 unspecified atom stereocenters. The first-order valence-electron chi connectivity index (χ1n) is 6.09. The van der Waals surface area contributed by atoms with Gasteiger partial charge in [-0.2, -0.15) is 9.97 Å². The third-order valence-corrected chi connectivity index (χ3v) is 3.14. The summed E-state index contributed by atoms with van der Waals surface area (Å²) in [6.45, 7) is 5.20. The molecule has 2 heterocycles. The number of carbonyl (C=O) groups is 1. The van der Waals surface area contributed by atoms with Gasteiger partial charge in [-0.3, -0.25) is 0 Å². The van der Waals surface area contributed by atoms with Crippen molar-refractivity contribution in [3.8, 4) is 0 Å². The van der Waals surface area contributed by atoms with E-state index < -0.39 is 5.97 Å². The van der Waals surface area contributed by atoms with Gasteiger partial charge in [-0.05, 0) is 13.8 Å². The molecule has 0 fully saturated rings. The minimum atomic E-state index is -1.16. The average molecular weight is 296 g/mol. The third-order valence-electron chi connectivity index (χ3n) is 2.23. The van der Waals surface area contributed by atoms with E-state index in [9.17, 15) is 9.90 Å². The number of nitrogens with one attached hydrogen (secondary N) is 2. The van der Waals surface area contributed by atoms with Crippen LogP contribution in [0.1, 0.15) is 13.8 Å². The predicted octanol–water partition coefficient (Wildman–Crippen LogP) is -0.775.